The lowest BCUT2D eigenvalue weighted by atomic mass is 9.89. The molecule has 3 atom stereocenters. The van der Waals surface area contributed by atoms with E-state index < -0.39 is 6.10 Å². The molecular formula is C21H34N2O2. The first-order valence-corrected chi connectivity index (χ1v) is 10.1. The average Bonchev–Trinajstić information content (AvgIpc) is 2.64. The minimum Gasteiger partial charge on any atom is -0.487 e. The zero-order valence-electron chi connectivity index (χ0n) is 15.6. The number of aliphatic hydroxyl groups excluding tert-OH is 1. The van der Waals surface area contributed by atoms with Gasteiger partial charge in [0.1, 0.15) is 18.0 Å². The summed E-state index contributed by atoms with van der Waals surface area (Å²) in [5.41, 5.74) is 1.13. The van der Waals surface area contributed by atoms with Crippen molar-refractivity contribution in [2.24, 2.45) is 0 Å². The molecule has 25 heavy (non-hydrogen) atoms. The Kier molecular flexibility index (Phi) is 7.14. The Balaban J connectivity index is 1.42. The predicted octanol–water partition coefficient (Wildman–Crippen LogP) is 3.12. The fourth-order valence-electron chi connectivity index (χ4n) is 4.12. The molecule has 1 saturated heterocycles. The molecule has 2 N–H and O–H groups in total. The van der Waals surface area contributed by atoms with Crippen LogP contribution in [-0.4, -0.2) is 54.4 Å². The van der Waals surface area contributed by atoms with Crippen LogP contribution < -0.4 is 10.1 Å². The maximum atomic E-state index is 10.7. The van der Waals surface area contributed by atoms with Gasteiger partial charge in [0, 0.05) is 6.04 Å². The highest BCUT2D eigenvalue weighted by atomic mass is 16.5. The van der Waals surface area contributed by atoms with Crippen molar-refractivity contribution < 1.29 is 9.84 Å². The third-order valence-corrected chi connectivity index (χ3v) is 5.68. The van der Waals surface area contributed by atoms with E-state index in [2.05, 4.69) is 23.2 Å². The van der Waals surface area contributed by atoms with Gasteiger partial charge in [0.05, 0.1) is 0 Å². The summed E-state index contributed by atoms with van der Waals surface area (Å²) in [6.07, 6.45) is 7.81. The number of piperidine rings is 1. The van der Waals surface area contributed by atoms with Crippen molar-refractivity contribution in [1.82, 2.24) is 10.2 Å². The van der Waals surface area contributed by atoms with Crippen LogP contribution in [0, 0.1) is 6.92 Å². The van der Waals surface area contributed by atoms with Crippen LogP contribution in [0.25, 0.3) is 0 Å². The van der Waals surface area contributed by atoms with Gasteiger partial charge in [0.15, 0.2) is 0 Å². The van der Waals surface area contributed by atoms with Crippen molar-refractivity contribution in [1.29, 1.82) is 0 Å². The summed E-state index contributed by atoms with van der Waals surface area (Å²) in [7, 11) is 0. The lowest BCUT2D eigenvalue weighted by molar-refractivity contribution is -0.0156. The van der Waals surface area contributed by atoms with Gasteiger partial charge in [-0.1, -0.05) is 24.6 Å². The van der Waals surface area contributed by atoms with Crippen LogP contribution >= 0.6 is 0 Å². The predicted molar refractivity (Wildman–Crippen MR) is 102 cm³/mol. The number of rotatable bonds is 7. The average molecular weight is 347 g/mol. The Morgan fingerprint density at radius 3 is 2.72 bits per heavy atom. The highest BCUT2D eigenvalue weighted by Gasteiger charge is 2.33. The van der Waals surface area contributed by atoms with E-state index in [0.29, 0.717) is 0 Å². The molecule has 1 saturated carbocycles. The molecule has 1 heterocycles. The number of ether oxygens (including phenoxy) is 1. The Bertz CT molecular complexity index is 516. The third-order valence-electron chi connectivity index (χ3n) is 5.68. The first kappa shape index (κ1) is 18.7. The lowest BCUT2D eigenvalue weighted by Gasteiger charge is -2.36. The van der Waals surface area contributed by atoms with Crippen molar-refractivity contribution in [3.05, 3.63) is 29.8 Å². The molecule has 3 rings (SSSR count). The summed E-state index contributed by atoms with van der Waals surface area (Å²) >= 11 is 0. The van der Waals surface area contributed by atoms with Gasteiger partial charge < -0.3 is 20.1 Å². The Labute approximate surface area is 152 Å². The lowest BCUT2D eigenvalue weighted by Crippen LogP contribution is -2.51. The second-order valence-corrected chi connectivity index (χ2v) is 7.66. The van der Waals surface area contributed by atoms with Crippen LogP contribution in [0.3, 0.4) is 0 Å². The Morgan fingerprint density at radius 1 is 1.12 bits per heavy atom. The van der Waals surface area contributed by atoms with Gasteiger partial charge in [-0.15, -0.1) is 0 Å². The monoisotopic (exact) mass is 346 g/mol. The molecule has 1 aromatic carbocycles. The number of hydrogen-bond acceptors (Lipinski definition) is 4. The number of nitrogens with one attached hydrogen (secondary N) is 1. The van der Waals surface area contributed by atoms with E-state index in [4.69, 9.17) is 4.74 Å². The number of aryl methyl sites for hydroxylation is 1. The zero-order valence-corrected chi connectivity index (χ0v) is 15.6. The molecule has 1 aromatic rings. The molecule has 0 radical (unpaired) electrons. The maximum absolute atomic E-state index is 10.7. The number of nitrogens with zero attached hydrogens (tertiary/aromatic N) is 1. The van der Waals surface area contributed by atoms with Crippen LogP contribution in [0.15, 0.2) is 24.3 Å². The van der Waals surface area contributed by atoms with E-state index in [0.717, 1.165) is 43.5 Å². The first-order valence-electron chi connectivity index (χ1n) is 10.1. The molecule has 0 unspecified atom stereocenters. The maximum Gasteiger partial charge on any atom is 0.126 e. The van der Waals surface area contributed by atoms with Crippen molar-refractivity contribution in [3.63, 3.8) is 0 Å². The first-order chi connectivity index (χ1) is 12.2. The van der Waals surface area contributed by atoms with Crippen LogP contribution in [-0.2, 0) is 0 Å². The number of benzene rings is 1. The largest absolute Gasteiger partial charge is 0.487 e. The SMILES string of the molecule is Cc1ccccc1O[C@@H]1CCC[C@H](NCCCN2CCCCC2)[C@H]1O. The quantitative estimate of drug-likeness (QED) is 0.745. The standard InChI is InChI=1S/C21H34N2O2/c1-17-9-3-4-11-19(17)25-20-12-7-10-18(21(20)24)22-13-8-16-23-14-5-2-6-15-23/h3-4,9,11,18,20-22,24H,2,5-8,10,12-16H2,1H3/t18-,20+,21+/m0/s1. The molecule has 4 nitrogen and oxygen atoms in total. The summed E-state index contributed by atoms with van der Waals surface area (Å²) in [5, 5.41) is 14.3. The summed E-state index contributed by atoms with van der Waals surface area (Å²) < 4.78 is 6.13. The normalized spacial score (nSPS) is 28.0. The van der Waals surface area contributed by atoms with Gasteiger partial charge in [-0.05, 0) is 83.3 Å². The van der Waals surface area contributed by atoms with Gasteiger partial charge in [-0.25, -0.2) is 0 Å². The number of para-hydroxylation sites is 1. The molecule has 140 valence electrons. The minimum absolute atomic E-state index is 0.102. The smallest absolute Gasteiger partial charge is 0.126 e. The zero-order chi connectivity index (χ0) is 17.5. The van der Waals surface area contributed by atoms with Crippen LogP contribution in [0.5, 0.6) is 5.75 Å². The van der Waals surface area contributed by atoms with Gasteiger partial charge in [-0.3, -0.25) is 0 Å². The Hall–Kier alpha value is -1.10. The van der Waals surface area contributed by atoms with Gasteiger partial charge in [0.25, 0.3) is 0 Å². The van der Waals surface area contributed by atoms with Crippen LogP contribution in [0.4, 0.5) is 0 Å². The van der Waals surface area contributed by atoms with Crippen molar-refractivity contribution in [3.8, 4) is 5.75 Å². The summed E-state index contributed by atoms with van der Waals surface area (Å²) in [5.74, 6) is 0.900. The molecule has 4 heteroatoms. The minimum atomic E-state index is -0.427. The van der Waals surface area contributed by atoms with E-state index in [9.17, 15) is 5.11 Å². The second-order valence-electron chi connectivity index (χ2n) is 7.66. The molecule has 1 aliphatic heterocycles. The Morgan fingerprint density at radius 2 is 1.92 bits per heavy atom. The van der Waals surface area contributed by atoms with Crippen molar-refractivity contribution in [2.75, 3.05) is 26.2 Å². The van der Waals surface area contributed by atoms with Gasteiger partial charge in [-0.2, -0.15) is 0 Å². The number of hydrogen-bond donors (Lipinski definition) is 2. The summed E-state index contributed by atoms with van der Waals surface area (Å²) in [4.78, 5) is 2.58. The number of aliphatic hydroxyl groups is 1. The van der Waals surface area contributed by atoms with E-state index >= 15 is 0 Å². The highest BCUT2D eigenvalue weighted by Crippen LogP contribution is 2.26. The van der Waals surface area contributed by atoms with Gasteiger partial charge in [0.2, 0.25) is 0 Å². The van der Waals surface area contributed by atoms with Crippen molar-refractivity contribution >= 4 is 0 Å². The van der Waals surface area contributed by atoms with E-state index in [-0.39, 0.29) is 12.1 Å². The second kappa shape index (κ2) is 9.56. The molecular weight excluding hydrogens is 312 g/mol. The third kappa shape index (κ3) is 5.44. The van der Waals surface area contributed by atoms with E-state index in [1.54, 1.807) is 0 Å². The van der Waals surface area contributed by atoms with E-state index in [1.165, 1.54) is 38.9 Å². The highest BCUT2D eigenvalue weighted by molar-refractivity contribution is 5.32. The molecule has 0 aromatic heterocycles. The number of likely N-dealkylation sites (tertiary alicyclic amines) is 1. The van der Waals surface area contributed by atoms with Crippen LogP contribution in [0.1, 0.15) is 50.5 Å². The molecule has 0 spiro atoms. The molecule has 0 amide bonds. The van der Waals surface area contributed by atoms with Gasteiger partial charge >= 0.3 is 0 Å². The topological polar surface area (TPSA) is 44.7 Å². The molecule has 2 aliphatic rings. The summed E-state index contributed by atoms with van der Waals surface area (Å²) in [6.45, 7) is 6.74. The molecule has 1 aliphatic carbocycles. The van der Waals surface area contributed by atoms with E-state index in [1.807, 2.05) is 18.2 Å². The van der Waals surface area contributed by atoms with Crippen LogP contribution in [0.2, 0.25) is 0 Å². The van der Waals surface area contributed by atoms with Crippen molar-refractivity contribution in [2.45, 2.75) is 70.1 Å². The fraction of sp³-hybridized carbons (Fsp3) is 0.714. The summed E-state index contributed by atoms with van der Waals surface area (Å²) in [6, 6.07) is 8.22. The molecule has 0 bridgehead atoms. The molecule has 2 fully saturated rings. The fourth-order valence-corrected chi connectivity index (χ4v) is 4.12.